The molecule has 21 heavy (non-hydrogen) atoms. The van der Waals surface area contributed by atoms with Crippen LogP contribution in [-0.2, 0) is 16.1 Å². The van der Waals surface area contributed by atoms with Gasteiger partial charge in [0.15, 0.2) is 5.82 Å². The number of carbonyl (C=O) groups is 2. The van der Waals surface area contributed by atoms with E-state index in [0.717, 1.165) is 5.56 Å². The van der Waals surface area contributed by atoms with Crippen LogP contribution in [0.1, 0.15) is 25.5 Å². The van der Waals surface area contributed by atoms with E-state index in [1.165, 1.54) is 17.8 Å². The number of anilines is 1. The molecule has 0 fully saturated rings. The van der Waals surface area contributed by atoms with E-state index in [1.807, 2.05) is 37.3 Å². The maximum atomic E-state index is 11.9. The molecule has 0 radical (unpaired) electrons. The summed E-state index contributed by atoms with van der Waals surface area (Å²) in [5, 5.41) is 12.9. The van der Waals surface area contributed by atoms with E-state index in [-0.39, 0.29) is 24.4 Å². The van der Waals surface area contributed by atoms with Crippen molar-refractivity contribution >= 4 is 17.6 Å². The Morgan fingerprint density at radius 1 is 1.29 bits per heavy atom. The third-order valence-corrected chi connectivity index (χ3v) is 2.83. The van der Waals surface area contributed by atoms with E-state index >= 15 is 0 Å². The molecule has 2 rings (SSSR count). The average Bonchev–Trinajstić information content (AvgIpc) is 2.85. The Hall–Kier alpha value is -2.70. The summed E-state index contributed by atoms with van der Waals surface area (Å²) in [6, 6.07) is 9.60. The highest BCUT2D eigenvalue weighted by molar-refractivity contribution is 5.87. The number of hydrogen-bond acceptors (Lipinski definition) is 4. The van der Waals surface area contributed by atoms with E-state index in [0.29, 0.717) is 5.82 Å². The van der Waals surface area contributed by atoms with Gasteiger partial charge in [0.1, 0.15) is 6.54 Å². The van der Waals surface area contributed by atoms with Crippen molar-refractivity contribution in [1.29, 1.82) is 0 Å². The number of aromatic nitrogens is 3. The minimum Gasteiger partial charge on any atom is -0.348 e. The lowest BCUT2D eigenvalue weighted by atomic mass is 10.1. The first-order valence-corrected chi connectivity index (χ1v) is 6.56. The number of amides is 2. The first kappa shape index (κ1) is 14.7. The van der Waals surface area contributed by atoms with Crippen LogP contribution < -0.4 is 10.6 Å². The zero-order valence-electron chi connectivity index (χ0n) is 11.9. The van der Waals surface area contributed by atoms with E-state index in [2.05, 4.69) is 20.9 Å². The Balaban J connectivity index is 1.89. The Bertz CT molecular complexity index is 623. The molecule has 1 aromatic carbocycles. The van der Waals surface area contributed by atoms with Gasteiger partial charge in [0.05, 0.1) is 12.2 Å². The lowest BCUT2D eigenvalue weighted by Crippen LogP contribution is -2.30. The summed E-state index contributed by atoms with van der Waals surface area (Å²) in [7, 11) is 0. The minimum atomic E-state index is -0.232. The first-order chi connectivity index (χ1) is 10.0. The monoisotopic (exact) mass is 287 g/mol. The largest absolute Gasteiger partial charge is 0.348 e. The van der Waals surface area contributed by atoms with Crippen LogP contribution in [0.4, 0.5) is 5.82 Å². The van der Waals surface area contributed by atoms with E-state index in [1.54, 1.807) is 0 Å². The summed E-state index contributed by atoms with van der Waals surface area (Å²) in [6.07, 6.45) is 1.51. The molecule has 0 saturated carbocycles. The fraction of sp³-hybridized carbons (Fsp3) is 0.286. The van der Waals surface area contributed by atoms with Crippen LogP contribution in [0.3, 0.4) is 0 Å². The number of hydrogen-bond donors (Lipinski definition) is 2. The topological polar surface area (TPSA) is 88.9 Å². The summed E-state index contributed by atoms with van der Waals surface area (Å²) in [6.45, 7) is 3.34. The molecule has 7 heteroatoms. The van der Waals surface area contributed by atoms with Crippen molar-refractivity contribution in [2.45, 2.75) is 26.4 Å². The number of nitrogens with zero attached hydrogens (tertiary/aromatic N) is 3. The number of benzene rings is 1. The predicted molar refractivity (Wildman–Crippen MR) is 77.3 cm³/mol. The van der Waals surface area contributed by atoms with Gasteiger partial charge in [-0.2, -0.15) is 0 Å². The van der Waals surface area contributed by atoms with Crippen molar-refractivity contribution < 1.29 is 9.59 Å². The van der Waals surface area contributed by atoms with Gasteiger partial charge in [-0.05, 0) is 12.5 Å². The van der Waals surface area contributed by atoms with Crippen LogP contribution in [0.2, 0.25) is 0 Å². The highest BCUT2D eigenvalue weighted by atomic mass is 16.2. The molecule has 2 amide bonds. The van der Waals surface area contributed by atoms with Gasteiger partial charge in [-0.15, -0.1) is 5.10 Å². The smallest absolute Gasteiger partial charge is 0.242 e. The summed E-state index contributed by atoms with van der Waals surface area (Å²) in [4.78, 5) is 22.8. The van der Waals surface area contributed by atoms with Crippen molar-refractivity contribution in [3.05, 3.63) is 42.1 Å². The minimum absolute atomic E-state index is 0.0454. The van der Waals surface area contributed by atoms with Gasteiger partial charge in [0.2, 0.25) is 11.8 Å². The Morgan fingerprint density at radius 2 is 2.00 bits per heavy atom. The van der Waals surface area contributed by atoms with Gasteiger partial charge in [0, 0.05) is 6.92 Å². The summed E-state index contributed by atoms with van der Waals surface area (Å²) >= 11 is 0. The Labute approximate surface area is 122 Å². The number of rotatable bonds is 5. The fourth-order valence-electron chi connectivity index (χ4n) is 1.87. The first-order valence-electron chi connectivity index (χ1n) is 6.56. The zero-order chi connectivity index (χ0) is 15.2. The molecule has 2 N–H and O–H groups in total. The van der Waals surface area contributed by atoms with E-state index in [9.17, 15) is 9.59 Å². The maximum absolute atomic E-state index is 11.9. The SMILES string of the molecule is CC(=O)Nc1cn(CC(=O)NC(C)c2ccccc2)nn1. The summed E-state index contributed by atoms with van der Waals surface area (Å²) in [5.74, 6) is -0.0822. The molecule has 2 aromatic rings. The second kappa shape index (κ2) is 6.65. The molecule has 0 aliphatic heterocycles. The van der Waals surface area contributed by atoms with Crippen LogP contribution >= 0.6 is 0 Å². The molecule has 0 aliphatic carbocycles. The lowest BCUT2D eigenvalue weighted by Gasteiger charge is -2.13. The van der Waals surface area contributed by atoms with Gasteiger partial charge in [0.25, 0.3) is 0 Å². The van der Waals surface area contributed by atoms with Gasteiger partial charge < -0.3 is 10.6 Å². The average molecular weight is 287 g/mol. The molecular formula is C14H17N5O2. The molecular weight excluding hydrogens is 270 g/mol. The molecule has 110 valence electrons. The fourth-order valence-corrected chi connectivity index (χ4v) is 1.87. The van der Waals surface area contributed by atoms with Gasteiger partial charge in [-0.25, -0.2) is 4.68 Å². The Kier molecular flexibility index (Phi) is 4.65. The number of carbonyl (C=O) groups excluding carboxylic acids is 2. The molecule has 7 nitrogen and oxygen atoms in total. The lowest BCUT2D eigenvalue weighted by molar-refractivity contribution is -0.122. The van der Waals surface area contributed by atoms with Crippen molar-refractivity contribution in [3.63, 3.8) is 0 Å². The van der Waals surface area contributed by atoms with Crippen molar-refractivity contribution in [1.82, 2.24) is 20.3 Å². The zero-order valence-corrected chi connectivity index (χ0v) is 11.9. The number of nitrogens with one attached hydrogen (secondary N) is 2. The van der Waals surface area contributed by atoms with Crippen LogP contribution in [0, 0.1) is 0 Å². The molecule has 1 atom stereocenters. The summed E-state index contributed by atoms with van der Waals surface area (Å²) in [5.41, 5.74) is 1.03. The molecule has 1 unspecified atom stereocenters. The molecule has 1 heterocycles. The second-order valence-corrected chi connectivity index (χ2v) is 4.68. The van der Waals surface area contributed by atoms with Gasteiger partial charge in [-0.3, -0.25) is 9.59 Å². The highest BCUT2D eigenvalue weighted by Gasteiger charge is 2.11. The van der Waals surface area contributed by atoms with Gasteiger partial charge in [-0.1, -0.05) is 35.5 Å². The molecule has 0 bridgehead atoms. The second-order valence-electron chi connectivity index (χ2n) is 4.68. The molecule has 1 aromatic heterocycles. The van der Waals surface area contributed by atoms with E-state index < -0.39 is 0 Å². The highest BCUT2D eigenvalue weighted by Crippen LogP contribution is 2.10. The normalized spacial score (nSPS) is 11.7. The van der Waals surface area contributed by atoms with Crippen LogP contribution in [-0.4, -0.2) is 26.8 Å². The predicted octanol–water partition coefficient (Wildman–Crippen LogP) is 1.11. The van der Waals surface area contributed by atoms with Crippen LogP contribution in [0.5, 0.6) is 0 Å². The molecule has 0 spiro atoms. The quantitative estimate of drug-likeness (QED) is 0.862. The Morgan fingerprint density at radius 3 is 2.67 bits per heavy atom. The van der Waals surface area contributed by atoms with Crippen molar-refractivity contribution in [3.8, 4) is 0 Å². The van der Waals surface area contributed by atoms with Crippen molar-refractivity contribution in [2.75, 3.05) is 5.32 Å². The third kappa shape index (κ3) is 4.41. The van der Waals surface area contributed by atoms with Crippen LogP contribution in [0.15, 0.2) is 36.5 Å². The molecule has 0 saturated heterocycles. The van der Waals surface area contributed by atoms with E-state index in [4.69, 9.17) is 0 Å². The standard InChI is InChI=1S/C14H17N5O2/c1-10(12-6-4-3-5-7-12)15-14(21)9-19-8-13(17-18-19)16-11(2)20/h3-8,10H,9H2,1-2H3,(H,15,21)(H,16,20). The molecule has 0 aliphatic rings. The maximum Gasteiger partial charge on any atom is 0.242 e. The van der Waals surface area contributed by atoms with Crippen molar-refractivity contribution in [2.24, 2.45) is 0 Å². The van der Waals surface area contributed by atoms with Crippen LogP contribution in [0.25, 0.3) is 0 Å². The van der Waals surface area contributed by atoms with Gasteiger partial charge >= 0.3 is 0 Å². The summed E-state index contributed by atoms with van der Waals surface area (Å²) < 4.78 is 1.37. The third-order valence-electron chi connectivity index (χ3n) is 2.83.